The number of anilines is 1. The third kappa shape index (κ3) is 4.16. The minimum Gasteiger partial charge on any atom is -0.493 e. The van der Waals surface area contributed by atoms with E-state index in [1.54, 1.807) is 7.11 Å². The van der Waals surface area contributed by atoms with Crippen molar-refractivity contribution >= 4 is 16.6 Å². The maximum Gasteiger partial charge on any atom is 0.163 e. The molecule has 1 aromatic carbocycles. The Morgan fingerprint density at radius 2 is 1.97 bits per heavy atom. The Kier molecular flexibility index (Phi) is 6.14. The first kappa shape index (κ1) is 20.3. The average Bonchev–Trinajstić information content (AvgIpc) is 3.23. The number of pyridine rings is 1. The van der Waals surface area contributed by atoms with E-state index in [1.165, 1.54) is 49.0 Å². The Labute approximate surface area is 175 Å². The number of rotatable bonds is 7. The SMILES string of the molecule is COc1cc2c3c(cnc2cc1OCCCN1CCCC1)CCC(C)N3C(C)C. The van der Waals surface area contributed by atoms with Crippen molar-refractivity contribution in [2.75, 3.05) is 38.3 Å². The highest BCUT2D eigenvalue weighted by Crippen LogP contribution is 2.41. The lowest BCUT2D eigenvalue weighted by Crippen LogP contribution is -2.42. The summed E-state index contributed by atoms with van der Waals surface area (Å²) in [5.74, 6) is 1.60. The van der Waals surface area contributed by atoms with Gasteiger partial charge in [0.1, 0.15) is 0 Å². The highest BCUT2D eigenvalue weighted by molar-refractivity contribution is 5.96. The molecular formula is C24H35N3O2. The number of nitrogens with zero attached hydrogens (tertiary/aromatic N) is 3. The number of hydrogen-bond donors (Lipinski definition) is 0. The quantitative estimate of drug-likeness (QED) is 0.636. The van der Waals surface area contributed by atoms with Crippen LogP contribution in [0.5, 0.6) is 11.5 Å². The lowest BCUT2D eigenvalue weighted by molar-refractivity contribution is 0.254. The maximum absolute atomic E-state index is 6.13. The van der Waals surface area contributed by atoms with Gasteiger partial charge in [-0.1, -0.05) is 0 Å². The summed E-state index contributed by atoms with van der Waals surface area (Å²) in [5, 5.41) is 1.17. The summed E-state index contributed by atoms with van der Waals surface area (Å²) in [4.78, 5) is 9.84. The molecule has 0 bridgehead atoms. The molecule has 1 atom stereocenters. The lowest BCUT2D eigenvalue weighted by atomic mass is 9.94. The van der Waals surface area contributed by atoms with E-state index in [1.807, 2.05) is 0 Å². The van der Waals surface area contributed by atoms with Gasteiger partial charge in [-0.25, -0.2) is 0 Å². The monoisotopic (exact) mass is 397 g/mol. The number of likely N-dealkylation sites (tertiary alicyclic amines) is 1. The zero-order valence-electron chi connectivity index (χ0n) is 18.4. The van der Waals surface area contributed by atoms with Gasteiger partial charge < -0.3 is 19.3 Å². The van der Waals surface area contributed by atoms with Gasteiger partial charge in [-0.3, -0.25) is 4.98 Å². The van der Waals surface area contributed by atoms with Crippen molar-refractivity contribution in [3.8, 4) is 11.5 Å². The van der Waals surface area contributed by atoms with E-state index in [-0.39, 0.29) is 0 Å². The Hall–Kier alpha value is -2.01. The van der Waals surface area contributed by atoms with E-state index in [0.29, 0.717) is 18.7 Å². The molecule has 2 aliphatic rings. The van der Waals surface area contributed by atoms with Crippen molar-refractivity contribution in [3.05, 3.63) is 23.9 Å². The van der Waals surface area contributed by atoms with E-state index < -0.39 is 0 Å². The van der Waals surface area contributed by atoms with Crippen molar-refractivity contribution in [3.63, 3.8) is 0 Å². The van der Waals surface area contributed by atoms with Crippen LogP contribution in [0.2, 0.25) is 0 Å². The van der Waals surface area contributed by atoms with Gasteiger partial charge in [-0.05, 0) is 77.6 Å². The van der Waals surface area contributed by atoms with Crippen LogP contribution in [0, 0.1) is 0 Å². The number of ether oxygens (including phenoxy) is 2. The zero-order chi connectivity index (χ0) is 20.4. The first-order chi connectivity index (χ1) is 14.1. The third-order valence-electron chi connectivity index (χ3n) is 6.40. The Bertz CT molecular complexity index is 846. The highest BCUT2D eigenvalue weighted by atomic mass is 16.5. The second kappa shape index (κ2) is 8.78. The first-order valence-corrected chi connectivity index (χ1v) is 11.2. The van der Waals surface area contributed by atoms with Gasteiger partial charge >= 0.3 is 0 Å². The van der Waals surface area contributed by atoms with Crippen molar-refractivity contribution in [1.82, 2.24) is 9.88 Å². The summed E-state index contributed by atoms with van der Waals surface area (Å²) in [6, 6.07) is 5.16. The fourth-order valence-electron chi connectivity index (χ4n) is 4.95. The number of hydrogen-bond acceptors (Lipinski definition) is 5. The molecule has 5 nitrogen and oxygen atoms in total. The minimum atomic E-state index is 0.446. The predicted octanol–water partition coefficient (Wildman–Crippen LogP) is 4.66. The number of aromatic nitrogens is 1. The van der Waals surface area contributed by atoms with Crippen LogP contribution >= 0.6 is 0 Å². The Morgan fingerprint density at radius 3 is 2.69 bits per heavy atom. The highest BCUT2D eigenvalue weighted by Gasteiger charge is 2.28. The zero-order valence-corrected chi connectivity index (χ0v) is 18.4. The molecule has 1 fully saturated rings. The summed E-state index contributed by atoms with van der Waals surface area (Å²) in [7, 11) is 1.73. The molecule has 0 amide bonds. The smallest absolute Gasteiger partial charge is 0.163 e. The summed E-state index contributed by atoms with van der Waals surface area (Å²) in [6.07, 6.45) is 8.02. The molecule has 0 radical (unpaired) electrons. The van der Waals surface area contributed by atoms with Gasteiger partial charge in [0.15, 0.2) is 11.5 Å². The summed E-state index contributed by atoms with van der Waals surface area (Å²) in [5.41, 5.74) is 3.65. The van der Waals surface area contributed by atoms with Gasteiger partial charge in [0.05, 0.1) is 24.9 Å². The number of aryl methyl sites for hydroxylation is 1. The summed E-state index contributed by atoms with van der Waals surface area (Å²) >= 11 is 0. The topological polar surface area (TPSA) is 37.8 Å². The van der Waals surface area contributed by atoms with E-state index in [4.69, 9.17) is 14.5 Å². The molecule has 0 N–H and O–H groups in total. The molecule has 5 heteroatoms. The molecule has 0 saturated carbocycles. The summed E-state index contributed by atoms with van der Waals surface area (Å²) < 4.78 is 11.8. The standard InChI is InChI=1S/C24H35N3O2/c1-17(2)27-18(3)8-9-19-16-25-21-15-23(22(28-4)14-20(21)24(19)27)29-13-7-12-26-10-5-6-11-26/h14-18H,5-13H2,1-4H3. The number of methoxy groups -OCH3 is 1. The normalized spacial score (nSPS) is 19.8. The first-order valence-electron chi connectivity index (χ1n) is 11.2. The Balaban J connectivity index is 1.59. The van der Waals surface area contributed by atoms with Crippen molar-refractivity contribution in [1.29, 1.82) is 0 Å². The van der Waals surface area contributed by atoms with Crippen molar-refractivity contribution in [2.45, 2.75) is 65.0 Å². The van der Waals surface area contributed by atoms with Gasteiger partial charge in [0.2, 0.25) is 0 Å². The molecule has 1 unspecified atom stereocenters. The van der Waals surface area contributed by atoms with Gasteiger partial charge in [-0.15, -0.1) is 0 Å². The Morgan fingerprint density at radius 1 is 1.17 bits per heavy atom. The number of fused-ring (bicyclic) bond motifs is 3. The molecule has 2 aromatic rings. The lowest BCUT2D eigenvalue weighted by Gasteiger charge is -2.40. The third-order valence-corrected chi connectivity index (χ3v) is 6.40. The van der Waals surface area contributed by atoms with Crippen molar-refractivity contribution in [2.24, 2.45) is 0 Å². The average molecular weight is 398 g/mol. The molecule has 1 aromatic heterocycles. The summed E-state index contributed by atoms with van der Waals surface area (Å²) in [6.45, 7) is 11.2. The van der Waals surface area contributed by atoms with E-state index in [0.717, 1.165) is 36.4 Å². The molecule has 29 heavy (non-hydrogen) atoms. The second-order valence-corrected chi connectivity index (χ2v) is 8.79. The molecule has 3 heterocycles. The fraction of sp³-hybridized carbons (Fsp3) is 0.625. The molecule has 1 saturated heterocycles. The molecule has 0 spiro atoms. The molecule has 0 aliphatic carbocycles. The number of benzene rings is 1. The van der Waals surface area contributed by atoms with Crippen LogP contribution in [0.1, 0.15) is 52.0 Å². The predicted molar refractivity (Wildman–Crippen MR) is 119 cm³/mol. The van der Waals surface area contributed by atoms with Crippen LogP contribution in [0.3, 0.4) is 0 Å². The molecule has 2 aliphatic heterocycles. The largest absolute Gasteiger partial charge is 0.493 e. The van der Waals surface area contributed by atoms with Crippen LogP contribution in [-0.4, -0.2) is 55.3 Å². The van der Waals surface area contributed by atoms with Crippen LogP contribution in [0.15, 0.2) is 18.3 Å². The van der Waals surface area contributed by atoms with Gasteiger partial charge in [0, 0.05) is 36.3 Å². The second-order valence-electron chi connectivity index (χ2n) is 8.79. The van der Waals surface area contributed by atoms with Gasteiger partial charge in [-0.2, -0.15) is 0 Å². The van der Waals surface area contributed by atoms with Crippen LogP contribution < -0.4 is 14.4 Å². The fourth-order valence-corrected chi connectivity index (χ4v) is 4.95. The van der Waals surface area contributed by atoms with Crippen molar-refractivity contribution < 1.29 is 9.47 Å². The van der Waals surface area contributed by atoms with E-state index >= 15 is 0 Å². The van der Waals surface area contributed by atoms with Gasteiger partial charge in [0.25, 0.3) is 0 Å². The molecular weight excluding hydrogens is 362 g/mol. The minimum absolute atomic E-state index is 0.446. The molecule has 4 rings (SSSR count). The van der Waals surface area contributed by atoms with Crippen LogP contribution in [0.25, 0.3) is 10.9 Å². The molecule has 158 valence electrons. The van der Waals surface area contributed by atoms with Crippen LogP contribution in [0.4, 0.5) is 5.69 Å². The van der Waals surface area contributed by atoms with Crippen LogP contribution in [-0.2, 0) is 6.42 Å². The van der Waals surface area contributed by atoms with E-state index in [2.05, 4.69) is 48.9 Å². The maximum atomic E-state index is 6.13. The van der Waals surface area contributed by atoms with E-state index in [9.17, 15) is 0 Å².